The number of amides is 1. The second kappa shape index (κ2) is 10.5. The van der Waals surface area contributed by atoms with E-state index in [4.69, 9.17) is 9.47 Å². The van der Waals surface area contributed by atoms with Crippen molar-refractivity contribution in [3.63, 3.8) is 0 Å². The fourth-order valence-electron chi connectivity index (χ4n) is 2.61. The molecule has 3 rings (SSSR count). The molecule has 0 fully saturated rings. The van der Waals surface area contributed by atoms with E-state index in [1.165, 1.54) is 30.5 Å². The smallest absolute Gasteiger partial charge is 0.280 e. The van der Waals surface area contributed by atoms with Crippen LogP contribution in [0.2, 0.25) is 0 Å². The van der Waals surface area contributed by atoms with Crippen molar-refractivity contribution < 1.29 is 19.2 Å². The zero-order valence-electron chi connectivity index (χ0n) is 16.8. The molecule has 1 atom stereocenters. The number of nitrogens with zero attached hydrogens (tertiary/aromatic N) is 2. The Labute approximate surface area is 179 Å². The lowest BCUT2D eigenvalue weighted by molar-refractivity contribution is -0.384. The van der Waals surface area contributed by atoms with Crippen LogP contribution in [0.3, 0.4) is 0 Å². The minimum Gasteiger partial charge on any atom is -0.488 e. The van der Waals surface area contributed by atoms with E-state index < -0.39 is 16.9 Å². The Morgan fingerprint density at radius 2 is 1.74 bits per heavy atom. The normalized spacial score (nSPS) is 11.6. The number of nitro groups is 1. The molecule has 0 aromatic heterocycles. The highest BCUT2D eigenvalue weighted by molar-refractivity contribution is 5.86. The minimum absolute atomic E-state index is 0.0535. The van der Waals surface area contributed by atoms with E-state index in [1.54, 1.807) is 6.92 Å². The summed E-state index contributed by atoms with van der Waals surface area (Å²) in [5.74, 6) is 0.522. The van der Waals surface area contributed by atoms with Gasteiger partial charge in [-0.1, -0.05) is 42.5 Å². The summed E-state index contributed by atoms with van der Waals surface area (Å²) < 4.78 is 11.3. The van der Waals surface area contributed by atoms with Crippen molar-refractivity contribution in [2.45, 2.75) is 19.6 Å². The second-order valence-corrected chi connectivity index (χ2v) is 6.56. The number of non-ortho nitro benzene ring substituents is 1. The molecule has 0 aliphatic carbocycles. The first-order valence-electron chi connectivity index (χ1n) is 9.52. The summed E-state index contributed by atoms with van der Waals surface area (Å²) in [4.78, 5) is 22.4. The molecule has 0 aliphatic heterocycles. The van der Waals surface area contributed by atoms with Crippen molar-refractivity contribution in [2.24, 2.45) is 5.10 Å². The van der Waals surface area contributed by atoms with Crippen LogP contribution in [0, 0.1) is 10.1 Å². The van der Waals surface area contributed by atoms with Crippen LogP contribution in [0.4, 0.5) is 5.69 Å². The van der Waals surface area contributed by atoms with Crippen LogP contribution in [0.25, 0.3) is 0 Å². The Kier molecular flexibility index (Phi) is 7.31. The number of rotatable bonds is 9. The maximum absolute atomic E-state index is 12.2. The molecule has 0 saturated heterocycles. The van der Waals surface area contributed by atoms with E-state index in [9.17, 15) is 14.9 Å². The molecule has 0 radical (unpaired) electrons. The molecule has 0 heterocycles. The van der Waals surface area contributed by atoms with E-state index in [-0.39, 0.29) is 5.69 Å². The minimum atomic E-state index is -0.844. The number of para-hydroxylation sites is 1. The Morgan fingerprint density at radius 1 is 1.06 bits per heavy atom. The zero-order chi connectivity index (χ0) is 22.1. The van der Waals surface area contributed by atoms with Crippen LogP contribution >= 0.6 is 0 Å². The summed E-state index contributed by atoms with van der Waals surface area (Å²) in [5, 5.41) is 14.7. The van der Waals surface area contributed by atoms with E-state index in [0.29, 0.717) is 23.7 Å². The molecule has 158 valence electrons. The zero-order valence-corrected chi connectivity index (χ0v) is 16.8. The summed E-state index contributed by atoms with van der Waals surface area (Å²) in [6, 6.07) is 22.6. The molecule has 31 heavy (non-hydrogen) atoms. The number of hydrogen-bond donors (Lipinski definition) is 1. The lowest BCUT2D eigenvalue weighted by Crippen LogP contribution is -2.33. The van der Waals surface area contributed by atoms with Gasteiger partial charge < -0.3 is 9.47 Å². The number of hydrazone groups is 1. The van der Waals surface area contributed by atoms with Crippen LogP contribution in [0.15, 0.2) is 84.0 Å². The third-order valence-electron chi connectivity index (χ3n) is 4.26. The van der Waals surface area contributed by atoms with Gasteiger partial charge in [-0.15, -0.1) is 0 Å². The predicted octanol–water partition coefficient (Wildman–Crippen LogP) is 4.09. The van der Waals surface area contributed by atoms with E-state index in [0.717, 1.165) is 5.56 Å². The topological polar surface area (TPSA) is 103 Å². The van der Waals surface area contributed by atoms with Crippen molar-refractivity contribution in [1.29, 1.82) is 0 Å². The van der Waals surface area contributed by atoms with Crippen LogP contribution < -0.4 is 14.9 Å². The molecule has 1 amide bonds. The fourth-order valence-corrected chi connectivity index (χ4v) is 2.61. The van der Waals surface area contributed by atoms with Crippen LogP contribution in [0.5, 0.6) is 11.5 Å². The molecule has 0 bridgehead atoms. The molecule has 1 N–H and O–H groups in total. The molecule has 3 aromatic carbocycles. The number of nitro benzene ring substituents is 1. The Balaban J connectivity index is 1.54. The van der Waals surface area contributed by atoms with Crippen LogP contribution in [0.1, 0.15) is 18.1 Å². The average Bonchev–Trinajstić information content (AvgIpc) is 2.79. The number of carbonyl (C=O) groups excluding carboxylic acids is 1. The van der Waals surface area contributed by atoms with Crippen LogP contribution in [-0.4, -0.2) is 23.1 Å². The van der Waals surface area contributed by atoms with E-state index in [2.05, 4.69) is 10.5 Å². The standard InChI is InChI=1S/C23H21N3O5/c1-17(31-21-13-11-20(12-14-21)26(28)29)23(27)25-24-15-19-9-5-6-10-22(19)30-16-18-7-3-2-4-8-18/h2-15,17H,16H2,1H3,(H,25,27). The van der Waals surface area contributed by atoms with Crippen molar-refractivity contribution >= 4 is 17.8 Å². The molecule has 8 heteroatoms. The SMILES string of the molecule is CC(Oc1ccc([N+](=O)[O-])cc1)C(=O)NN=Cc1ccccc1OCc1ccccc1. The van der Waals surface area contributed by atoms with Gasteiger partial charge in [-0.25, -0.2) is 5.43 Å². The van der Waals surface area contributed by atoms with E-state index in [1.807, 2.05) is 54.6 Å². The lowest BCUT2D eigenvalue weighted by atomic mass is 10.2. The van der Waals surface area contributed by atoms with Crippen LogP contribution in [-0.2, 0) is 11.4 Å². The Hall–Kier alpha value is -4.20. The summed E-state index contributed by atoms with van der Waals surface area (Å²) in [7, 11) is 0. The van der Waals surface area contributed by atoms with Gasteiger partial charge in [-0.3, -0.25) is 14.9 Å². The lowest BCUT2D eigenvalue weighted by Gasteiger charge is -2.12. The first-order valence-corrected chi connectivity index (χ1v) is 9.52. The largest absolute Gasteiger partial charge is 0.488 e. The van der Waals surface area contributed by atoms with E-state index >= 15 is 0 Å². The highest BCUT2D eigenvalue weighted by atomic mass is 16.6. The third kappa shape index (κ3) is 6.40. The molecule has 3 aromatic rings. The van der Waals surface area contributed by atoms with Gasteiger partial charge in [0.05, 0.1) is 11.1 Å². The van der Waals surface area contributed by atoms with Gasteiger partial charge in [0.1, 0.15) is 18.1 Å². The van der Waals surface area contributed by atoms with Gasteiger partial charge in [0.2, 0.25) is 0 Å². The predicted molar refractivity (Wildman–Crippen MR) is 116 cm³/mol. The third-order valence-corrected chi connectivity index (χ3v) is 4.26. The molecule has 1 unspecified atom stereocenters. The second-order valence-electron chi connectivity index (χ2n) is 6.56. The highest BCUT2D eigenvalue weighted by Crippen LogP contribution is 2.19. The van der Waals surface area contributed by atoms with Gasteiger partial charge in [-0.05, 0) is 36.8 Å². The number of hydrogen-bond acceptors (Lipinski definition) is 6. The quantitative estimate of drug-likeness (QED) is 0.320. The number of benzene rings is 3. The Bertz CT molecular complexity index is 1050. The van der Waals surface area contributed by atoms with Crippen molar-refractivity contribution in [3.8, 4) is 11.5 Å². The first kappa shape index (κ1) is 21.5. The van der Waals surface area contributed by atoms with Crippen molar-refractivity contribution in [2.75, 3.05) is 0 Å². The van der Waals surface area contributed by atoms with Crippen molar-refractivity contribution in [1.82, 2.24) is 5.43 Å². The summed E-state index contributed by atoms with van der Waals surface area (Å²) in [5.41, 5.74) is 4.12. The first-order chi connectivity index (χ1) is 15.0. The number of carbonyl (C=O) groups is 1. The van der Waals surface area contributed by atoms with Crippen molar-refractivity contribution in [3.05, 3.63) is 100 Å². The molecule has 8 nitrogen and oxygen atoms in total. The maximum atomic E-state index is 12.2. The van der Waals surface area contributed by atoms with Gasteiger partial charge in [0, 0.05) is 17.7 Å². The summed E-state index contributed by atoms with van der Waals surface area (Å²) >= 11 is 0. The Morgan fingerprint density at radius 3 is 2.45 bits per heavy atom. The molecule has 0 spiro atoms. The van der Waals surface area contributed by atoms with Gasteiger partial charge in [0.15, 0.2) is 6.10 Å². The fraction of sp³-hybridized carbons (Fsp3) is 0.130. The summed E-state index contributed by atoms with van der Waals surface area (Å²) in [6.07, 6.45) is 0.653. The molecule has 0 saturated carbocycles. The number of nitrogens with one attached hydrogen (secondary N) is 1. The maximum Gasteiger partial charge on any atom is 0.280 e. The number of ether oxygens (including phenoxy) is 2. The monoisotopic (exact) mass is 419 g/mol. The molecule has 0 aliphatic rings. The van der Waals surface area contributed by atoms with Gasteiger partial charge in [0.25, 0.3) is 11.6 Å². The summed E-state index contributed by atoms with van der Waals surface area (Å²) in [6.45, 7) is 1.97. The molecular formula is C23H21N3O5. The molecular weight excluding hydrogens is 398 g/mol. The highest BCUT2D eigenvalue weighted by Gasteiger charge is 2.15. The average molecular weight is 419 g/mol. The van der Waals surface area contributed by atoms with Gasteiger partial charge in [-0.2, -0.15) is 5.10 Å². The van der Waals surface area contributed by atoms with Gasteiger partial charge >= 0.3 is 0 Å².